The van der Waals surface area contributed by atoms with Crippen molar-refractivity contribution in [2.75, 3.05) is 19.8 Å². The fourth-order valence-corrected chi connectivity index (χ4v) is 1.59. The van der Waals surface area contributed by atoms with Crippen LogP contribution in [-0.4, -0.2) is 29.5 Å². The molecule has 1 atom stereocenters. The molecule has 0 spiro atoms. The Labute approximate surface area is 104 Å². The molecule has 4 heteroatoms. The van der Waals surface area contributed by atoms with Gasteiger partial charge in [0.25, 0.3) is 0 Å². The molecule has 1 heterocycles. The zero-order valence-corrected chi connectivity index (χ0v) is 11.4. The summed E-state index contributed by atoms with van der Waals surface area (Å²) in [5.74, 6) is 0.622. The van der Waals surface area contributed by atoms with Crippen LogP contribution in [0.4, 0.5) is 0 Å². The Morgan fingerprint density at radius 1 is 1.41 bits per heavy atom. The zero-order chi connectivity index (χ0) is 12.7. The Kier molecular flexibility index (Phi) is 6.22. The number of hydrogen-bond acceptors (Lipinski definition) is 3. The van der Waals surface area contributed by atoms with Crippen LogP contribution in [0.1, 0.15) is 38.8 Å². The number of nitrogens with zero attached hydrogens (tertiary/aromatic N) is 2. The van der Waals surface area contributed by atoms with Crippen molar-refractivity contribution in [3.63, 3.8) is 0 Å². The monoisotopic (exact) mass is 239 g/mol. The lowest BCUT2D eigenvalue weighted by atomic mass is 10.2. The van der Waals surface area contributed by atoms with Gasteiger partial charge in [-0.05, 0) is 25.8 Å². The largest absolute Gasteiger partial charge is 0.381 e. The number of rotatable bonds is 8. The first-order chi connectivity index (χ1) is 8.09. The smallest absolute Gasteiger partial charge is 0.0537 e. The molecule has 1 rings (SSSR count). The molecule has 1 aromatic rings. The molecular formula is C13H25N3O. The van der Waals surface area contributed by atoms with Crippen molar-refractivity contribution in [2.45, 2.75) is 33.2 Å². The van der Waals surface area contributed by atoms with Crippen LogP contribution in [0.2, 0.25) is 0 Å². The van der Waals surface area contributed by atoms with Gasteiger partial charge in [-0.3, -0.25) is 4.68 Å². The second kappa shape index (κ2) is 7.45. The van der Waals surface area contributed by atoms with Crippen LogP contribution >= 0.6 is 0 Å². The van der Waals surface area contributed by atoms with Crippen LogP contribution < -0.4 is 5.32 Å². The molecule has 0 fully saturated rings. The van der Waals surface area contributed by atoms with Crippen LogP contribution in [0.3, 0.4) is 0 Å². The van der Waals surface area contributed by atoms with E-state index in [2.05, 4.69) is 31.2 Å². The van der Waals surface area contributed by atoms with E-state index < -0.39 is 0 Å². The van der Waals surface area contributed by atoms with Gasteiger partial charge in [-0.2, -0.15) is 5.10 Å². The van der Waals surface area contributed by atoms with E-state index in [1.165, 1.54) is 5.56 Å². The fraction of sp³-hybridized carbons (Fsp3) is 0.769. The summed E-state index contributed by atoms with van der Waals surface area (Å²) in [6, 6.07) is 0.355. The molecule has 0 saturated heterocycles. The molecule has 0 saturated carbocycles. The maximum atomic E-state index is 5.53. The van der Waals surface area contributed by atoms with E-state index >= 15 is 0 Å². The first kappa shape index (κ1) is 14.2. The van der Waals surface area contributed by atoms with Crippen LogP contribution in [0.5, 0.6) is 0 Å². The Morgan fingerprint density at radius 2 is 2.18 bits per heavy atom. The Hall–Kier alpha value is -0.870. The van der Waals surface area contributed by atoms with Gasteiger partial charge >= 0.3 is 0 Å². The lowest BCUT2D eigenvalue weighted by Crippen LogP contribution is -2.21. The summed E-state index contributed by atoms with van der Waals surface area (Å²) < 4.78 is 7.36. The Balaban J connectivity index is 2.06. The third-order valence-electron chi connectivity index (χ3n) is 2.59. The van der Waals surface area contributed by atoms with E-state index in [9.17, 15) is 0 Å². The van der Waals surface area contributed by atoms with E-state index in [0.717, 1.165) is 26.2 Å². The molecule has 1 N–H and O–H groups in total. The van der Waals surface area contributed by atoms with Crippen molar-refractivity contribution in [3.05, 3.63) is 18.0 Å². The molecule has 0 aliphatic heterocycles. The molecule has 4 nitrogen and oxygen atoms in total. The van der Waals surface area contributed by atoms with Crippen LogP contribution in [-0.2, 0) is 11.8 Å². The summed E-state index contributed by atoms with van der Waals surface area (Å²) in [5.41, 5.74) is 1.23. The van der Waals surface area contributed by atoms with Crippen molar-refractivity contribution in [1.82, 2.24) is 15.1 Å². The van der Waals surface area contributed by atoms with Crippen molar-refractivity contribution >= 4 is 0 Å². The number of nitrogens with one attached hydrogen (secondary N) is 1. The summed E-state index contributed by atoms with van der Waals surface area (Å²) >= 11 is 0. The normalized spacial score (nSPS) is 13.2. The van der Waals surface area contributed by atoms with E-state index in [1.807, 2.05) is 24.1 Å². The highest BCUT2D eigenvalue weighted by molar-refractivity contribution is 5.08. The maximum Gasteiger partial charge on any atom is 0.0537 e. The van der Waals surface area contributed by atoms with Gasteiger partial charge in [-0.15, -0.1) is 0 Å². The highest BCUT2D eigenvalue weighted by Gasteiger charge is 2.05. The summed E-state index contributed by atoms with van der Waals surface area (Å²) in [5, 5.41) is 7.63. The standard InChI is InChI=1S/C13H25N3O/c1-11(2)10-17-7-5-6-14-12(3)13-8-15-16(4)9-13/h8-9,11-12,14H,5-7,10H2,1-4H3. The lowest BCUT2D eigenvalue weighted by molar-refractivity contribution is 0.107. The zero-order valence-electron chi connectivity index (χ0n) is 11.4. The molecule has 0 bridgehead atoms. The minimum Gasteiger partial charge on any atom is -0.381 e. The van der Waals surface area contributed by atoms with E-state index in [-0.39, 0.29) is 0 Å². The molecule has 0 aromatic carbocycles. The van der Waals surface area contributed by atoms with Crippen molar-refractivity contribution in [3.8, 4) is 0 Å². The van der Waals surface area contributed by atoms with Gasteiger partial charge in [-0.1, -0.05) is 13.8 Å². The summed E-state index contributed by atoms with van der Waals surface area (Å²) in [4.78, 5) is 0. The topological polar surface area (TPSA) is 39.1 Å². The fourth-order valence-electron chi connectivity index (χ4n) is 1.59. The molecule has 0 radical (unpaired) electrons. The van der Waals surface area contributed by atoms with Gasteiger partial charge in [0.2, 0.25) is 0 Å². The minimum absolute atomic E-state index is 0.355. The molecule has 0 aliphatic rings. The van der Waals surface area contributed by atoms with Gasteiger partial charge < -0.3 is 10.1 Å². The predicted octanol–water partition coefficient (Wildman–Crippen LogP) is 2.13. The minimum atomic E-state index is 0.355. The van der Waals surface area contributed by atoms with Gasteiger partial charge in [0.15, 0.2) is 0 Å². The second-order valence-electron chi connectivity index (χ2n) is 4.95. The van der Waals surface area contributed by atoms with Crippen LogP contribution in [0, 0.1) is 5.92 Å². The van der Waals surface area contributed by atoms with E-state index in [1.54, 1.807) is 0 Å². The lowest BCUT2D eigenvalue weighted by Gasteiger charge is -2.12. The van der Waals surface area contributed by atoms with Crippen molar-refractivity contribution in [2.24, 2.45) is 13.0 Å². The van der Waals surface area contributed by atoms with Crippen LogP contribution in [0.15, 0.2) is 12.4 Å². The van der Waals surface area contributed by atoms with Gasteiger partial charge in [0, 0.05) is 38.1 Å². The maximum absolute atomic E-state index is 5.53. The molecular weight excluding hydrogens is 214 g/mol. The number of aryl methyl sites for hydroxylation is 1. The van der Waals surface area contributed by atoms with Crippen LogP contribution in [0.25, 0.3) is 0 Å². The number of hydrogen-bond donors (Lipinski definition) is 1. The number of ether oxygens (including phenoxy) is 1. The highest BCUT2D eigenvalue weighted by atomic mass is 16.5. The molecule has 0 amide bonds. The highest BCUT2D eigenvalue weighted by Crippen LogP contribution is 2.09. The number of aromatic nitrogens is 2. The first-order valence-electron chi connectivity index (χ1n) is 6.39. The molecule has 17 heavy (non-hydrogen) atoms. The van der Waals surface area contributed by atoms with Crippen molar-refractivity contribution < 1.29 is 4.74 Å². The first-order valence-corrected chi connectivity index (χ1v) is 6.39. The molecule has 0 aliphatic carbocycles. The van der Waals surface area contributed by atoms with E-state index in [0.29, 0.717) is 12.0 Å². The molecule has 98 valence electrons. The Bertz CT molecular complexity index is 309. The quantitative estimate of drug-likeness (QED) is 0.706. The van der Waals surface area contributed by atoms with Gasteiger partial charge in [0.05, 0.1) is 6.20 Å². The average molecular weight is 239 g/mol. The second-order valence-corrected chi connectivity index (χ2v) is 4.95. The van der Waals surface area contributed by atoms with Gasteiger partial charge in [-0.25, -0.2) is 0 Å². The predicted molar refractivity (Wildman–Crippen MR) is 69.9 cm³/mol. The van der Waals surface area contributed by atoms with Gasteiger partial charge in [0.1, 0.15) is 0 Å². The molecule has 1 aromatic heterocycles. The molecule has 1 unspecified atom stereocenters. The third kappa shape index (κ3) is 5.84. The third-order valence-corrected chi connectivity index (χ3v) is 2.59. The SMILES string of the molecule is CC(C)COCCCNC(C)c1cnn(C)c1. The van der Waals surface area contributed by atoms with Crippen molar-refractivity contribution in [1.29, 1.82) is 0 Å². The average Bonchev–Trinajstić information content (AvgIpc) is 2.69. The summed E-state index contributed by atoms with van der Waals surface area (Å²) in [7, 11) is 1.94. The summed E-state index contributed by atoms with van der Waals surface area (Å²) in [6.45, 7) is 9.18. The Morgan fingerprint density at radius 3 is 2.76 bits per heavy atom. The van der Waals surface area contributed by atoms with E-state index in [4.69, 9.17) is 4.74 Å². The summed E-state index contributed by atoms with van der Waals surface area (Å²) in [6.07, 6.45) is 5.01.